The highest BCUT2D eigenvalue weighted by Gasteiger charge is 2.02. The van der Waals surface area contributed by atoms with Gasteiger partial charge in [0.05, 0.1) is 10.6 Å². The molecule has 0 amide bonds. The first-order chi connectivity index (χ1) is 6.63. The Labute approximate surface area is 81.2 Å². The number of nitrogens with zero attached hydrogens (tertiary/aromatic N) is 1. The molecule has 0 aromatic heterocycles. The van der Waals surface area contributed by atoms with Crippen LogP contribution in [0.5, 0.6) is 0 Å². The van der Waals surface area contributed by atoms with Gasteiger partial charge in [-0.15, -0.1) is 6.42 Å². The van der Waals surface area contributed by atoms with Gasteiger partial charge in [-0.2, -0.15) is 0 Å². The number of non-ortho nitro benzene ring substituents is 1. The molecule has 2 N–H and O–H groups in total. The quantitative estimate of drug-likeness (QED) is 0.434. The monoisotopic (exact) mass is 188 g/mol. The molecule has 0 aliphatic carbocycles. The standard InChI is InChI=1S/C10H8N2O2/c1-2-9(11)7-8-3-5-10(6-4-8)12(13)14/h1,3-7H,11H2/b9-7+. The van der Waals surface area contributed by atoms with Crippen molar-refractivity contribution in [2.45, 2.75) is 0 Å². The van der Waals surface area contributed by atoms with Gasteiger partial charge in [-0.3, -0.25) is 10.1 Å². The molecule has 1 aromatic carbocycles. The maximum absolute atomic E-state index is 10.3. The van der Waals surface area contributed by atoms with Gasteiger partial charge < -0.3 is 5.73 Å². The summed E-state index contributed by atoms with van der Waals surface area (Å²) in [6.45, 7) is 0. The zero-order valence-corrected chi connectivity index (χ0v) is 7.31. The van der Waals surface area contributed by atoms with Crippen molar-refractivity contribution in [3.05, 3.63) is 45.6 Å². The number of rotatable bonds is 2. The van der Waals surface area contributed by atoms with Crippen LogP contribution in [0.1, 0.15) is 5.56 Å². The van der Waals surface area contributed by atoms with E-state index in [9.17, 15) is 10.1 Å². The van der Waals surface area contributed by atoms with Crippen LogP contribution >= 0.6 is 0 Å². The molecular weight excluding hydrogens is 180 g/mol. The number of hydrogen-bond acceptors (Lipinski definition) is 3. The molecule has 0 saturated heterocycles. The van der Waals surface area contributed by atoms with E-state index in [-0.39, 0.29) is 5.69 Å². The number of hydrogen-bond donors (Lipinski definition) is 1. The van der Waals surface area contributed by atoms with Crippen LogP contribution < -0.4 is 5.73 Å². The molecule has 0 bridgehead atoms. The molecule has 0 aliphatic rings. The Hall–Kier alpha value is -2.28. The van der Waals surface area contributed by atoms with E-state index in [1.54, 1.807) is 18.2 Å². The summed E-state index contributed by atoms with van der Waals surface area (Å²) in [5.41, 5.74) is 6.47. The zero-order valence-electron chi connectivity index (χ0n) is 7.31. The predicted molar refractivity (Wildman–Crippen MR) is 54.1 cm³/mol. The van der Waals surface area contributed by atoms with E-state index in [4.69, 9.17) is 12.2 Å². The summed E-state index contributed by atoms with van der Waals surface area (Å²) in [5, 5.41) is 10.3. The van der Waals surface area contributed by atoms with Gasteiger partial charge in [-0.1, -0.05) is 5.92 Å². The topological polar surface area (TPSA) is 69.2 Å². The number of benzene rings is 1. The molecule has 0 unspecified atom stereocenters. The lowest BCUT2D eigenvalue weighted by Gasteiger charge is -1.94. The van der Waals surface area contributed by atoms with Crippen molar-refractivity contribution in [3.8, 4) is 12.3 Å². The summed E-state index contributed by atoms with van der Waals surface area (Å²) in [6, 6.07) is 5.97. The predicted octanol–water partition coefficient (Wildman–Crippen LogP) is 1.53. The van der Waals surface area contributed by atoms with E-state index in [2.05, 4.69) is 5.92 Å². The number of nitrogens with two attached hydrogens (primary N) is 1. The number of nitro benzene ring substituents is 1. The van der Waals surface area contributed by atoms with Crippen molar-refractivity contribution in [1.82, 2.24) is 0 Å². The average molecular weight is 188 g/mol. The second-order valence-electron chi connectivity index (χ2n) is 2.59. The minimum Gasteiger partial charge on any atom is -0.392 e. The molecule has 0 spiro atoms. The van der Waals surface area contributed by atoms with Crippen molar-refractivity contribution >= 4 is 11.8 Å². The maximum Gasteiger partial charge on any atom is 0.269 e. The second kappa shape index (κ2) is 4.10. The SMILES string of the molecule is C#C/C(N)=C\c1ccc([N+](=O)[O-])cc1. The highest BCUT2D eigenvalue weighted by atomic mass is 16.6. The highest BCUT2D eigenvalue weighted by molar-refractivity contribution is 5.57. The van der Waals surface area contributed by atoms with Crippen molar-refractivity contribution < 1.29 is 4.92 Å². The average Bonchev–Trinajstić information content (AvgIpc) is 2.18. The molecule has 0 atom stereocenters. The Balaban J connectivity index is 2.96. The van der Waals surface area contributed by atoms with Gasteiger partial charge in [-0.25, -0.2) is 0 Å². The van der Waals surface area contributed by atoms with Gasteiger partial charge in [0.1, 0.15) is 0 Å². The second-order valence-corrected chi connectivity index (χ2v) is 2.59. The number of nitro groups is 1. The van der Waals surface area contributed by atoms with Crippen LogP contribution in [0.25, 0.3) is 6.08 Å². The number of allylic oxidation sites excluding steroid dienone is 1. The maximum atomic E-state index is 10.3. The Kier molecular flexibility index (Phi) is 2.87. The van der Waals surface area contributed by atoms with E-state index in [0.29, 0.717) is 5.70 Å². The molecule has 1 aromatic rings. The third-order valence-electron chi connectivity index (χ3n) is 1.59. The van der Waals surface area contributed by atoms with Crippen LogP contribution in [0.2, 0.25) is 0 Å². The normalized spacial score (nSPS) is 10.6. The first-order valence-electron chi connectivity index (χ1n) is 3.81. The summed E-state index contributed by atoms with van der Waals surface area (Å²) >= 11 is 0. The van der Waals surface area contributed by atoms with E-state index >= 15 is 0 Å². The molecule has 4 nitrogen and oxygen atoms in total. The molecule has 0 heterocycles. The smallest absolute Gasteiger partial charge is 0.269 e. The van der Waals surface area contributed by atoms with E-state index in [0.717, 1.165) is 5.56 Å². The van der Waals surface area contributed by atoms with Crippen LogP contribution in [0, 0.1) is 22.5 Å². The molecule has 0 saturated carbocycles. The zero-order chi connectivity index (χ0) is 10.6. The largest absolute Gasteiger partial charge is 0.392 e. The fraction of sp³-hybridized carbons (Fsp3) is 0. The van der Waals surface area contributed by atoms with Gasteiger partial charge in [0.2, 0.25) is 0 Å². The minimum absolute atomic E-state index is 0.0430. The van der Waals surface area contributed by atoms with E-state index in [1.807, 2.05) is 0 Å². The lowest BCUT2D eigenvalue weighted by atomic mass is 10.2. The number of terminal acetylenes is 1. The van der Waals surface area contributed by atoms with Crippen molar-refractivity contribution in [2.24, 2.45) is 5.73 Å². The van der Waals surface area contributed by atoms with Gasteiger partial charge >= 0.3 is 0 Å². The van der Waals surface area contributed by atoms with Crippen LogP contribution in [0.15, 0.2) is 30.0 Å². The Bertz CT molecular complexity index is 413. The lowest BCUT2D eigenvalue weighted by Crippen LogP contribution is -1.92. The highest BCUT2D eigenvalue weighted by Crippen LogP contribution is 2.13. The van der Waals surface area contributed by atoms with Gasteiger partial charge in [0.25, 0.3) is 5.69 Å². The molecule has 0 radical (unpaired) electrons. The van der Waals surface area contributed by atoms with Gasteiger partial charge in [0, 0.05) is 12.1 Å². The first-order valence-corrected chi connectivity index (χ1v) is 3.81. The summed E-state index contributed by atoms with van der Waals surface area (Å²) in [7, 11) is 0. The van der Waals surface area contributed by atoms with Crippen LogP contribution in [-0.2, 0) is 0 Å². The molecule has 1 rings (SSSR count). The summed E-state index contributed by atoms with van der Waals surface area (Å²) in [6.07, 6.45) is 6.62. The van der Waals surface area contributed by atoms with Crippen molar-refractivity contribution in [2.75, 3.05) is 0 Å². The van der Waals surface area contributed by atoms with E-state index < -0.39 is 4.92 Å². The third-order valence-corrected chi connectivity index (χ3v) is 1.59. The van der Waals surface area contributed by atoms with Crippen molar-refractivity contribution in [3.63, 3.8) is 0 Å². The summed E-state index contributed by atoms with van der Waals surface area (Å²) in [4.78, 5) is 9.86. The van der Waals surface area contributed by atoms with Crippen molar-refractivity contribution in [1.29, 1.82) is 0 Å². The minimum atomic E-state index is -0.460. The van der Waals surface area contributed by atoms with Gasteiger partial charge in [-0.05, 0) is 23.8 Å². The Morgan fingerprint density at radius 3 is 2.50 bits per heavy atom. The molecule has 0 aliphatic heterocycles. The molecular formula is C10H8N2O2. The molecule has 4 heteroatoms. The lowest BCUT2D eigenvalue weighted by molar-refractivity contribution is -0.384. The Morgan fingerprint density at radius 2 is 2.07 bits per heavy atom. The summed E-state index contributed by atoms with van der Waals surface area (Å²) < 4.78 is 0. The van der Waals surface area contributed by atoms with Gasteiger partial charge in [0.15, 0.2) is 0 Å². The first kappa shape index (κ1) is 9.81. The molecule has 14 heavy (non-hydrogen) atoms. The Morgan fingerprint density at radius 1 is 1.50 bits per heavy atom. The third kappa shape index (κ3) is 2.35. The van der Waals surface area contributed by atoms with Crippen LogP contribution in [-0.4, -0.2) is 4.92 Å². The molecule has 70 valence electrons. The fourth-order valence-electron chi connectivity index (χ4n) is 0.913. The molecule has 0 fully saturated rings. The summed E-state index contributed by atoms with van der Waals surface area (Å²) in [5.74, 6) is 2.26. The van der Waals surface area contributed by atoms with Crippen LogP contribution in [0.4, 0.5) is 5.69 Å². The fourth-order valence-corrected chi connectivity index (χ4v) is 0.913. The van der Waals surface area contributed by atoms with Crippen LogP contribution in [0.3, 0.4) is 0 Å². The van der Waals surface area contributed by atoms with E-state index in [1.165, 1.54) is 12.1 Å².